The van der Waals surface area contributed by atoms with Gasteiger partial charge in [-0.3, -0.25) is 14.9 Å². The number of nitrogens with zero attached hydrogens (tertiary/aromatic N) is 2. The number of anilines is 1. The number of benzene rings is 2. The second-order valence-corrected chi connectivity index (χ2v) is 6.30. The van der Waals surface area contributed by atoms with Gasteiger partial charge in [0.25, 0.3) is 5.69 Å². The third-order valence-corrected chi connectivity index (χ3v) is 4.52. The highest BCUT2D eigenvalue weighted by Gasteiger charge is 2.24. The zero-order valence-electron chi connectivity index (χ0n) is 13.9. The van der Waals surface area contributed by atoms with Gasteiger partial charge in [-0.25, -0.2) is 0 Å². The molecule has 0 N–H and O–H groups in total. The Balaban J connectivity index is 2.12. The Hall–Kier alpha value is -2.69. The molecule has 1 saturated heterocycles. The van der Waals surface area contributed by atoms with Gasteiger partial charge >= 0.3 is 0 Å². The summed E-state index contributed by atoms with van der Waals surface area (Å²) in [5, 5.41) is 11.1. The van der Waals surface area contributed by atoms with E-state index in [1.807, 2.05) is 32.0 Å². The van der Waals surface area contributed by atoms with E-state index in [2.05, 4.69) is 4.90 Å². The Kier molecular flexibility index (Phi) is 4.34. The summed E-state index contributed by atoms with van der Waals surface area (Å²) in [5.41, 5.74) is 3.65. The highest BCUT2D eigenvalue weighted by Crippen LogP contribution is 2.31. The summed E-state index contributed by atoms with van der Waals surface area (Å²) in [4.78, 5) is 26.0. The first-order valence-corrected chi connectivity index (χ1v) is 8.13. The van der Waals surface area contributed by atoms with Gasteiger partial charge in [-0.15, -0.1) is 0 Å². The van der Waals surface area contributed by atoms with Crippen LogP contribution in [-0.2, 0) is 0 Å². The van der Waals surface area contributed by atoms with Crippen molar-refractivity contribution in [1.29, 1.82) is 0 Å². The molecule has 0 bridgehead atoms. The maximum absolute atomic E-state index is 13.1. The van der Waals surface area contributed by atoms with Crippen LogP contribution in [0.2, 0.25) is 0 Å². The van der Waals surface area contributed by atoms with E-state index in [9.17, 15) is 14.9 Å². The summed E-state index contributed by atoms with van der Waals surface area (Å²) in [6.45, 7) is 5.58. The molecule has 0 spiro atoms. The standard InChI is InChI=1S/C19H20N2O3/c1-13-5-6-14(2)16(11-13)19(22)17-12-15(21(23)24)7-8-18(17)20-9-3-4-10-20/h5-8,11-12H,3-4,9-10H2,1-2H3. The highest BCUT2D eigenvalue weighted by molar-refractivity contribution is 6.13. The number of rotatable bonds is 4. The van der Waals surface area contributed by atoms with E-state index in [4.69, 9.17) is 0 Å². The van der Waals surface area contributed by atoms with Crippen molar-refractivity contribution in [3.63, 3.8) is 0 Å². The van der Waals surface area contributed by atoms with Gasteiger partial charge in [0.15, 0.2) is 5.78 Å². The average Bonchev–Trinajstić information content (AvgIpc) is 3.10. The highest BCUT2D eigenvalue weighted by atomic mass is 16.6. The Morgan fingerprint density at radius 3 is 2.42 bits per heavy atom. The summed E-state index contributed by atoms with van der Waals surface area (Å²) in [5.74, 6) is -0.151. The van der Waals surface area contributed by atoms with Gasteiger partial charge in [-0.05, 0) is 44.4 Å². The van der Waals surface area contributed by atoms with E-state index in [1.165, 1.54) is 12.1 Å². The lowest BCUT2D eigenvalue weighted by Gasteiger charge is -2.21. The van der Waals surface area contributed by atoms with E-state index in [0.717, 1.165) is 42.7 Å². The number of carbonyl (C=O) groups excluding carboxylic acids is 1. The molecule has 0 radical (unpaired) electrons. The second kappa shape index (κ2) is 6.43. The summed E-state index contributed by atoms with van der Waals surface area (Å²) >= 11 is 0. The lowest BCUT2D eigenvalue weighted by molar-refractivity contribution is -0.384. The van der Waals surface area contributed by atoms with Crippen LogP contribution in [0.3, 0.4) is 0 Å². The molecule has 0 aromatic heterocycles. The molecule has 5 heteroatoms. The van der Waals surface area contributed by atoms with Crippen molar-refractivity contribution in [3.8, 4) is 0 Å². The molecule has 0 amide bonds. The lowest BCUT2D eigenvalue weighted by atomic mass is 9.95. The maximum atomic E-state index is 13.1. The van der Waals surface area contributed by atoms with E-state index >= 15 is 0 Å². The molecule has 24 heavy (non-hydrogen) atoms. The molecular weight excluding hydrogens is 304 g/mol. The van der Waals surface area contributed by atoms with Crippen LogP contribution in [-0.4, -0.2) is 23.8 Å². The van der Waals surface area contributed by atoms with E-state index in [1.54, 1.807) is 6.07 Å². The Morgan fingerprint density at radius 2 is 1.75 bits per heavy atom. The van der Waals surface area contributed by atoms with Crippen LogP contribution in [0.25, 0.3) is 0 Å². The minimum atomic E-state index is -0.451. The fraction of sp³-hybridized carbons (Fsp3) is 0.316. The van der Waals surface area contributed by atoms with Gasteiger partial charge < -0.3 is 4.90 Å². The first kappa shape index (κ1) is 16.2. The molecule has 5 nitrogen and oxygen atoms in total. The molecule has 2 aromatic carbocycles. The van der Waals surface area contributed by atoms with Crippen molar-refractivity contribution >= 4 is 17.2 Å². The van der Waals surface area contributed by atoms with Crippen LogP contribution in [0.15, 0.2) is 36.4 Å². The topological polar surface area (TPSA) is 63.4 Å². The summed E-state index contributed by atoms with van der Waals surface area (Å²) in [6.07, 6.45) is 2.15. The van der Waals surface area contributed by atoms with Crippen LogP contribution in [0, 0.1) is 24.0 Å². The quantitative estimate of drug-likeness (QED) is 0.484. The average molecular weight is 324 g/mol. The number of nitro benzene ring substituents is 1. The third kappa shape index (κ3) is 3.02. The monoisotopic (exact) mass is 324 g/mol. The normalized spacial score (nSPS) is 14.0. The van der Waals surface area contributed by atoms with Gasteiger partial charge in [0.2, 0.25) is 0 Å². The molecule has 2 aromatic rings. The SMILES string of the molecule is Cc1ccc(C)c(C(=O)c2cc([N+](=O)[O-])ccc2N2CCCC2)c1. The van der Waals surface area contributed by atoms with Gasteiger partial charge in [0, 0.05) is 36.5 Å². The van der Waals surface area contributed by atoms with Crippen molar-refractivity contribution in [1.82, 2.24) is 0 Å². The molecule has 124 valence electrons. The van der Waals surface area contributed by atoms with Gasteiger partial charge in [-0.1, -0.05) is 17.7 Å². The molecule has 1 heterocycles. The Morgan fingerprint density at radius 1 is 1.04 bits per heavy atom. The molecule has 0 saturated carbocycles. The van der Waals surface area contributed by atoms with Crippen molar-refractivity contribution in [2.75, 3.05) is 18.0 Å². The van der Waals surface area contributed by atoms with Crippen molar-refractivity contribution < 1.29 is 9.72 Å². The first-order valence-electron chi connectivity index (χ1n) is 8.13. The largest absolute Gasteiger partial charge is 0.371 e. The van der Waals surface area contributed by atoms with E-state index in [0.29, 0.717) is 11.1 Å². The molecule has 0 aliphatic carbocycles. The predicted molar refractivity (Wildman–Crippen MR) is 93.9 cm³/mol. The fourth-order valence-electron chi connectivity index (χ4n) is 3.18. The zero-order chi connectivity index (χ0) is 17.3. The molecule has 1 fully saturated rings. The molecule has 0 unspecified atom stereocenters. The summed E-state index contributed by atoms with van der Waals surface area (Å²) in [7, 11) is 0. The van der Waals surface area contributed by atoms with Crippen LogP contribution < -0.4 is 4.90 Å². The maximum Gasteiger partial charge on any atom is 0.270 e. The number of non-ortho nitro benzene ring substituents is 1. The minimum absolute atomic E-state index is 0.0494. The first-order chi connectivity index (χ1) is 11.5. The van der Waals surface area contributed by atoms with Crippen LogP contribution >= 0.6 is 0 Å². The van der Waals surface area contributed by atoms with Crippen molar-refractivity contribution in [2.45, 2.75) is 26.7 Å². The molecule has 0 atom stereocenters. The van der Waals surface area contributed by atoms with Crippen LogP contribution in [0.5, 0.6) is 0 Å². The van der Waals surface area contributed by atoms with Crippen LogP contribution in [0.4, 0.5) is 11.4 Å². The number of ketones is 1. The Bertz CT molecular complexity index is 808. The lowest BCUT2D eigenvalue weighted by Crippen LogP contribution is -2.21. The van der Waals surface area contributed by atoms with Crippen molar-refractivity contribution in [3.05, 3.63) is 68.8 Å². The third-order valence-electron chi connectivity index (χ3n) is 4.52. The summed E-state index contributed by atoms with van der Waals surface area (Å²) < 4.78 is 0. The smallest absolute Gasteiger partial charge is 0.270 e. The number of nitro groups is 1. The Labute approximate surface area is 141 Å². The van der Waals surface area contributed by atoms with E-state index < -0.39 is 4.92 Å². The van der Waals surface area contributed by atoms with Gasteiger partial charge in [0.05, 0.1) is 10.5 Å². The van der Waals surface area contributed by atoms with Gasteiger partial charge in [0.1, 0.15) is 0 Å². The van der Waals surface area contributed by atoms with Crippen molar-refractivity contribution in [2.24, 2.45) is 0 Å². The number of carbonyl (C=O) groups is 1. The van der Waals surface area contributed by atoms with Crippen LogP contribution in [0.1, 0.15) is 39.9 Å². The zero-order valence-corrected chi connectivity index (χ0v) is 13.9. The predicted octanol–water partition coefficient (Wildman–Crippen LogP) is 4.04. The number of hydrogen-bond acceptors (Lipinski definition) is 4. The number of aryl methyl sites for hydroxylation is 2. The molecule has 1 aliphatic heterocycles. The molecular formula is C19H20N2O3. The molecule has 3 rings (SSSR count). The minimum Gasteiger partial charge on any atom is -0.371 e. The van der Waals surface area contributed by atoms with E-state index in [-0.39, 0.29) is 11.5 Å². The number of hydrogen-bond donors (Lipinski definition) is 0. The van der Waals surface area contributed by atoms with Gasteiger partial charge in [-0.2, -0.15) is 0 Å². The fourth-order valence-corrected chi connectivity index (χ4v) is 3.18. The summed E-state index contributed by atoms with van der Waals surface area (Å²) in [6, 6.07) is 10.3. The second-order valence-electron chi connectivity index (χ2n) is 6.30. The molecule has 1 aliphatic rings.